The van der Waals surface area contributed by atoms with E-state index in [1.165, 1.54) is 5.56 Å². The lowest BCUT2D eigenvalue weighted by atomic mass is 10.2. The van der Waals surface area contributed by atoms with Gasteiger partial charge < -0.3 is 9.64 Å². The number of thioether (sulfide) groups is 1. The van der Waals surface area contributed by atoms with Crippen molar-refractivity contribution in [2.45, 2.75) is 10.9 Å². The predicted molar refractivity (Wildman–Crippen MR) is 100 cm³/mol. The molecule has 1 aliphatic heterocycles. The summed E-state index contributed by atoms with van der Waals surface area (Å²) < 4.78 is 7.63. The van der Waals surface area contributed by atoms with Crippen LogP contribution in [0.15, 0.2) is 65.8 Å². The van der Waals surface area contributed by atoms with Gasteiger partial charge in [-0.25, -0.2) is 0 Å². The van der Waals surface area contributed by atoms with E-state index in [0.717, 1.165) is 48.8 Å². The normalized spacial score (nSPS) is 14.6. The van der Waals surface area contributed by atoms with Crippen molar-refractivity contribution in [3.05, 3.63) is 66.2 Å². The maximum absolute atomic E-state index is 5.47. The molecule has 25 heavy (non-hydrogen) atoms. The molecule has 0 saturated carbocycles. The van der Waals surface area contributed by atoms with Crippen molar-refractivity contribution in [1.29, 1.82) is 0 Å². The van der Waals surface area contributed by atoms with E-state index >= 15 is 0 Å². The van der Waals surface area contributed by atoms with E-state index in [1.807, 2.05) is 24.3 Å². The smallest absolute Gasteiger partial charge is 0.232 e. The lowest BCUT2D eigenvalue weighted by molar-refractivity contribution is 0.122. The van der Waals surface area contributed by atoms with E-state index in [4.69, 9.17) is 4.74 Å². The number of benzene rings is 2. The third-order valence-corrected chi connectivity index (χ3v) is 5.14. The van der Waals surface area contributed by atoms with Gasteiger partial charge in [0.2, 0.25) is 5.95 Å². The number of anilines is 1. The fraction of sp³-hybridized carbons (Fsp3) is 0.263. The maximum Gasteiger partial charge on any atom is 0.232 e. The second kappa shape index (κ2) is 7.72. The SMILES string of the molecule is c1ccc(CSc2nnc(N3CCOCC3)n2-c2ccccc2)cc1. The fourth-order valence-corrected chi connectivity index (χ4v) is 3.75. The molecule has 0 N–H and O–H groups in total. The molecule has 3 aromatic rings. The van der Waals surface area contributed by atoms with Crippen LogP contribution in [0.4, 0.5) is 5.95 Å². The average molecular weight is 352 g/mol. The van der Waals surface area contributed by atoms with Crippen molar-refractivity contribution in [3.63, 3.8) is 0 Å². The Hall–Kier alpha value is -2.31. The summed E-state index contributed by atoms with van der Waals surface area (Å²) in [5.74, 6) is 1.76. The number of para-hydroxylation sites is 1. The van der Waals surface area contributed by atoms with Gasteiger partial charge in [-0.2, -0.15) is 0 Å². The third-order valence-electron chi connectivity index (χ3n) is 4.14. The molecule has 4 rings (SSSR count). The Balaban J connectivity index is 1.65. The van der Waals surface area contributed by atoms with Gasteiger partial charge in [0.05, 0.1) is 18.9 Å². The Bertz CT molecular complexity index is 801. The molecule has 1 saturated heterocycles. The first-order valence-electron chi connectivity index (χ1n) is 8.42. The monoisotopic (exact) mass is 352 g/mol. The molecule has 0 spiro atoms. The van der Waals surface area contributed by atoms with Crippen LogP contribution >= 0.6 is 11.8 Å². The molecular formula is C19H20N4OS. The van der Waals surface area contributed by atoms with Crippen LogP contribution in [-0.2, 0) is 10.5 Å². The minimum Gasteiger partial charge on any atom is -0.378 e. The first kappa shape index (κ1) is 16.2. The quantitative estimate of drug-likeness (QED) is 0.659. The van der Waals surface area contributed by atoms with Gasteiger partial charge in [-0.15, -0.1) is 10.2 Å². The summed E-state index contributed by atoms with van der Waals surface area (Å²) in [6.07, 6.45) is 0. The number of ether oxygens (including phenoxy) is 1. The molecule has 1 fully saturated rings. The highest BCUT2D eigenvalue weighted by Gasteiger charge is 2.21. The summed E-state index contributed by atoms with van der Waals surface area (Å²) in [7, 11) is 0. The molecule has 0 radical (unpaired) electrons. The first-order chi connectivity index (χ1) is 12.4. The average Bonchev–Trinajstić information content (AvgIpc) is 3.12. The third kappa shape index (κ3) is 3.70. The lowest BCUT2D eigenvalue weighted by Gasteiger charge is -2.27. The zero-order valence-corrected chi connectivity index (χ0v) is 14.7. The molecular weight excluding hydrogens is 332 g/mol. The number of rotatable bonds is 5. The fourth-order valence-electron chi connectivity index (χ4n) is 2.85. The van der Waals surface area contributed by atoms with Crippen LogP contribution in [0, 0.1) is 0 Å². The Morgan fingerprint density at radius 1 is 0.880 bits per heavy atom. The lowest BCUT2D eigenvalue weighted by Crippen LogP contribution is -2.37. The molecule has 0 atom stereocenters. The molecule has 0 unspecified atom stereocenters. The van der Waals surface area contributed by atoms with Gasteiger partial charge in [0.1, 0.15) is 0 Å². The Kier molecular flexibility index (Phi) is 4.99. The van der Waals surface area contributed by atoms with Gasteiger partial charge in [-0.3, -0.25) is 4.57 Å². The van der Waals surface area contributed by atoms with E-state index in [0.29, 0.717) is 0 Å². The summed E-state index contributed by atoms with van der Waals surface area (Å²) in [6, 6.07) is 20.8. The van der Waals surface area contributed by atoms with E-state index in [1.54, 1.807) is 11.8 Å². The molecule has 0 bridgehead atoms. The Morgan fingerprint density at radius 3 is 2.28 bits per heavy atom. The summed E-state index contributed by atoms with van der Waals surface area (Å²) in [5, 5.41) is 9.88. The van der Waals surface area contributed by atoms with Crippen LogP contribution in [0.5, 0.6) is 0 Å². The first-order valence-corrected chi connectivity index (χ1v) is 9.40. The van der Waals surface area contributed by atoms with Crippen molar-refractivity contribution in [1.82, 2.24) is 14.8 Å². The Morgan fingerprint density at radius 2 is 1.56 bits per heavy atom. The zero-order valence-electron chi connectivity index (χ0n) is 13.9. The van der Waals surface area contributed by atoms with Gasteiger partial charge in [-0.1, -0.05) is 60.3 Å². The summed E-state index contributed by atoms with van der Waals surface area (Å²) in [5.41, 5.74) is 2.37. The van der Waals surface area contributed by atoms with Crippen LogP contribution in [0.3, 0.4) is 0 Å². The second-order valence-electron chi connectivity index (χ2n) is 5.83. The van der Waals surface area contributed by atoms with Crippen LogP contribution in [0.25, 0.3) is 5.69 Å². The van der Waals surface area contributed by atoms with Gasteiger partial charge in [0, 0.05) is 18.8 Å². The topological polar surface area (TPSA) is 43.2 Å². The second-order valence-corrected chi connectivity index (χ2v) is 6.77. The van der Waals surface area contributed by atoms with Gasteiger partial charge >= 0.3 is 0 Å². The highest BCUT2D eigenvalue weighted by Crippen LogP contribution is 2.29. The minimum atomic E-state index is 0.730. The van der Waals surface area contributed by atoms with Gasteiger partial charge in [0.15, 0.2) is 5.16 Å². The molecule has 0 amide bonds. The van der Waals surface area contributed by atoms with Crippen molar-refractivity contribution in [2.24, 2.45) is 0 Å². The molecule has 2 heterocycles. The van der Waals surface area contributed by atoms with E-state index in [-0.39, 0.29) is 0 Å². The molecule has 1 aliphatic rings. The van der Waals surface area contributed by atoms with Crippen LogP contribution in [-0.4, -0.2) is 41.1 Å². The number of hydrogen-bond donors (Lipinski definition) is 0. The molecule has 0 aliphatic carbocycles. The highest BCUT2D eigenvalue weighted by atomic mass is 32.2. The van der Waals surface area contributed by atoms with Crippen molar-refractivity contribution in [2.75, 3.05) is 31.2 Å². The van der Waals surface area contributed by atoms with Crippen LogP contribution in [0.2, 0.25) is 0 Å². The number of morpholine rings is 1. The molecule has 1 aromatic heterocycles. The number of aromatic nitrogens is 3. The summed E-state index contributed by atoms with van der Waals surface area (Å²) in [4.78, 5) is 2.25. The molecule has 128 valence electrons. The maximum atomic E-state index is 5.47. The molecule has 2 aromatic carbocycles. The molecule has 5 nitrogen and oxygen atoms in total. The van der Waals surface area contributed by atoms with Crippen molar-refractivity contribution in [3.8, 4) is 5.69 Å². The van der Waals surface area contributed by atoms with Gasteiger partial charge in [0.25, 0.3) is 0 Å². The van der Waals surface area contributed by atoms with Crippen molar-refractivity contribution < 1.29 is 4.74 Å². The largest absolute Gasteiger partial charge is 0.378 e. The predicted octanol–water partition coefficient (Wildman–Crippen LogP) is 3.40. The summed E-state index contributed by atoms with van der Waals surface area (Å²) in [6.45, 7) is 3.14. The van der Waals surface area contributed by atoms with Crippen LogP contribution < -0.4 is 4.90 Å². The highest BCUT2D eigenvalue weighted by molar-refractivity contribution is 7.98. The van der Waals surface area contributed by atoms with E-state index in [9.17, 15) is 0 Å². The van der Waals surface area contributed by atoms with Crippen molar-refractivity contribution >= 4 is 17.7 Å². The number of nitrogens with zero attached hydrogens (tertiary/aromatic N) is 4. The summed E-state index contributed by atoms with van der Waals surface area (Å²) >= 11 is 1.71. The van der Waals surface area contributed by atoms with E-state index < -0.39 is 0 Å². The minimum absolute atomic E-state index is 0.730. The van der Waals surface area contributed by atoms with Gasteiger partial charge in [-0.05, 0) is 17.7 Å². The molecule has 6 heteroatoms. The van der Waals surface area contributed by atoms with E-state index in [2.05, 4.69) is 56.1 Å². The Labute approximate surface area is 151 Å². The number of hydrogen-bond acceptors (Lipinski definition) is 5. The zero-order chi connectivity index (χ0) is 16.9. The standard InChI is InChI=1S/C19H20N4OS/c1-3-7-16(8-4-1)15-25-19-21-20-18(22-11-13-24-14-12-22)23(19)17-9-5-2-6-10-17/h1-10H,11-15H2. The van der Waals surface area contributed by atoms with Crippen LogP contribution in [0.1, 0.15) is 5.56 Å².